The van der Waals surface area contributed by atoms with Crippen molar-refractivity contribution in [3.8, 4) is 0 Å². The first-order valence-corrected chi connectivity index (χ1v) is 5.56. The van der Waals surface area contributed by atoms with Gasteiger partial charge in [-0.1, -0.05) is 13.8 Å². The molecule has 0 atom stereocenters. The fraction of sp³-hybridized carbons (Fsp3) is 0.364. The first-order chi connectivity index (χ1) is 8.79. The number of nitro benzene ring substituents is 1. The van der Waals surface area contributed by atoms with Crippen LogP contribution in [0.4, 0.5) is 5.69 Å². The second-order valence-corrected chi connectivity index (χ2v) is 4.27. The van der Waals surface area contributed by atoms with Crippen LogP contribution < -0.4 is 5.46 Å². The predicted molar refractivity (Wildman–Crippen MR) is 68.4 cm³/mol. The smallest absolute Gasteiger partial charge is 0.465 e. The van der Waals surface area contributed by atoms with Crippen molar-refractivity contribution in [1.29, 1.82) is 0 Å². The molecule has 0 saturated heterocycles. The average molecular weight is 267 g/mol. The summed E-state index contributed by atoms with van der Waals surface area (Å²) in [4.78, 5) is 21.8. The van der Waals surface area contributed by atoms with Crippen LogP contribution in [0.15, 0.2) is 12.1 Å². The zero-order chi connectivity index (χ0) is 14.7. The number of nitrogens with zero attached hydrogens (tertiary/aromatic N) is 1. The van der Waals surface area contributed by atoms with E-state index in [1.54, 1.807) is 13.8 Å². The highest BCUT2D eigenvalue weighted by Crippen LogP contribution is 2.23. The molecule has 7 nitrogen and oxygen atoms in total. The molecule has 8 heteroatoms. The van der Waals surface area contributed by atoms with Crippen molar-refractivity contribution in [1.82, 2.24) is 0 Å². The highest BCUT2D eigenvalue weighted by Gasteiger charge is 2.28. The molecule has 0 amide bonds. The van der Waals surface area contributed by atoms with Gasteiger partial charge in [0.1, 0.15) is 0 Å². The molecule has 0 bridgehead atoms. The SMILES string of the molecule is COC(=O)c1cc([N+](=O)[O-])cc(B(O)O)c1C(C)C. The predicted octanol–water partition coefficient (Wildman–Crippen LogP) is 0.185. The van der Waals surface area contributed by atoms with Crippen LogP contribution in [0.25, 0.3) is 0 Å². The minimum atomic E-state index is -1.90. The molecule has 19 heavy (non-hydrogen) atoms. The first-order valence-electron chi connectivity index (χ1n) is 5.56. The van der Waals surface area contributed by atoms with Gasteiger partial charge in [-0.25, -0.2) is 4.79 Å². The fourth-order valence-electron chi connectivity index (χ4n) is 1.90. The van der Waals surface area contributed by atoms with E-state index in [-0.39, 0.29) is 16.9 Å². The van der Waals surface area contributed by atoms with Gasteiger partial charge < -0.3 is 14.8 Å². The van der Waals surface area contributed by atoms with Gasteiger partial charge in [0.2, 0.25) is 0 Å². The number of non-ortho nitro benzene ring substituents is 1. The number of esters is 1. The van der Waals surface area contributed by atoms with E-state index < -0.39 is 23.7 Å². The van der Waals surface area contributed by atoms with E-state index in [0.29, 0.717) is 5.56 Å². The van der Waals surface area contributed by atoms with Crippen LogP contribution >= 0.6 is 0 Å². The van der Waals surface area contributed by atoms with Gasteiger partial charge in [0.05, 0.1) is 17.6 Å². The zero-order valence-electron chi connectivity index (χ0n) is 10.8. The number of rotatable bonds is 4. The molecule has 0 aliphatic carbocycles. The molecule has 0 fully saturated rings. The topological polar surface area (TPSA) is 110 Å². The maximum atomic E-state index is 11.7. The minimum absolute atomic E-state index is 0.0326. The third kappa shape index (κ3) is 3.10. The molecule has 0 aliphatic heterocycles. The Balaban J connectivity index is 3.65. The van der Waals surface area contributed by atoms with Gasteiger partial charge in [-0.2, -0.15) is 0 Å². The molecule has 0 saturated carbocycles. The highest BCUT2D eigenvalue weighted by atomic mass is 16.6. The van der Waals surface area contributed by atoms with E-state index in [9.17, 15) is 25.0 Å². The lowest BCUT2D eigenvalue weighted by atomic mass is 9.72. The molecule has 1 aromatic rings. The van der Waals surface area contributed by atoms with E-state index in [1.807, 2.05) is 0 Å². The molecule has 0 spiro atoms. The largest absolute Gasteiger partial charge is 0.488 e. The summed E-state index contributed by atoms with van der Waals surface area (Å²) < 4.78 is 4.57. The van der Waals surface area contributed by atoms with E-state index in [1.165, 1.54) is 0 Å². The Morgan fingerprint density at radius 1 is 1.42 bits per heavy atom. The Morgan fingerprint density at radius 3 is 2.37 bits per heavy atom. The van der Waals surface area contributed by atoms with Gasteiger partial charge in [0, 0.05) is 12.1 Å². The van der Waals surface area contributed by atoms with Gasteiger partial charge >= 0.3 is 13.1 Å². The molecular formula is C11H14BNO6. The third-order valence-electron chi connectivity index (χ3n) is 2.67. The van der Waals surface area contributed by atoms with Crippen LogP contribution in [0.5, 0.6) is 0 Å². The van der Waals surface area contributed by atoms with E-state index in [4.69, 9.17) is 0 Å². The number of ether oxygens (including phenoxy) is 1. The third-order valence-corrected chi connectivity index (χ3v) is 2.67. The second-order valence-electron chi connectivity index (χ2n) is 4.27. The first kappa shape index (κ1) is 15.1. The molecule has 2 N–H and O–H groups in total. The molecule has 0 aliphatic rings. The van der Waals surface area contributed by atoms with Crippen molar-refractivity contribution < 1.29 is 24.5 Å². The van der Waals surface area contributed by atoms with E-state index in [2.05, 4.69) is 4.74 Å². The van der Waals surface area contributed by atoms with E-state index in [0.717, 1.165) is 19.2 Å². The summed E-state index contributed by atoms with van der Waals surface area (Å²) in [6.07, 6.45) is 0. The van der Waals surface area contributed by atoms with Gasteiger partial charge in [-0.3, -0.25) is 10.1 Å². The summed E-state index contributed by atoms with van der Waals surface area (Å²) >= 11 is 0. The van der Waals surface area contributed by atoms with Crippen molar-refractivity contribution >= 4 is 24.2 Å². The van der Waals surface area contributed by atoms with Gasteiger partial charge in [0.15, 0.2) is 0 Å². The molecule has 0 heterocycles. The Bertz CT molecular complexity index is 514. The molecule has 0 aromatic heterocycles. The van der Waals surface area contributed by atoms with Gasteiger partial charge in [0.25, 0.3) is 5.69 Å². The van der Waals surface area contributed by atoms with E-state index >= 15 is 0 Å². The normalized spacial score (nSPS) is 10.4. The lowest BCUT2D eigenvalue weighted by Crippen LogP contribution is -2.35. The molecular weight excluding hydrogens is 253 g/mol. The van der Waals surface area contributed by atoms with Crippen molar-refractivity contribution in [3.63, 3.8) is 0 Å². The van der Waals surface area contributed by atoms with Crippen molar-refractivity contribution in [2.45, 2.75) is 19.8 Å². The van der Waals surface area contributed by atoms with Crippen LogP contribution in [0.1, 0.15) is 35.7 Å². The standard InChI is InChI=1S/C11H14BNO6/c1-6(2)10-8(11(14)19-3)4-7(13(17)18)5-9(10)12(15)16/h4-6,15-16H,1-3H3. The Morgan fingerprint density at radius 2 is 2.00 bits per heavy atom. The average Bonchev–Trinajstić information content (AvgIpc) is 2.35. The summed E-state index contributed by atoms with van der Waals surface area (Å²) in [7, 11) is -0.749. The number of carbonyl (C=O) groups excluding carboxylic acids is 1. The number of nitro groups is 1. The number of hydrogen-bond acceptors (Lipinski definition) is 6. The maximum absolute atomic E-state index is 11.7. The Labute approximate surface area is 110 Å². The Hall–Kier alpha value is -1.93. The van der Waals surface area contributed by atoms with Crippen molar-refractivity contribution in [2.75, 3.05) is 7.11 Å². The number of methoxy groups -OCH3 is 1. The molecule has 0 unspecified atom stereocenters. The van der Waals surface area contributed by atoms with Crippen LogP contribution in [0.2, 0.25) is 0 Å². The van der Waals surface area contributed by atoms with Crippen molar-refractivity contribution in [3.05, 3.63) is 33.4 Å². The zero-order valence-corrected chi connectivity index (χ0v) is 10.8. The van der Waals surface area contributed by atoms with Crippen LogP contribution in [-0.2, 0) is 4.74 Å². The molecule has 0 radical (unpaired) electrons. The quantitative estimate of drug-likeness (QED) is 0.348. The fourth-order valence-corrected chi connectivity index (χ4v) is 1.90. The lowest BCUT2D eigenvalue weighted by Gasteiger charge is -2.16. The van der Waals surface area contributed by atoms with Gasteiger partial charge in [-0.05, 0) is 16.9 Å². The summed E-state index contributed by atoms with van der Waals surface area (Å²) in [6, 6.07) is 2.12. The second kappa shape index (κ2) is 5.81. The van der Waals surface area contributed by atoms with Crippen molar-refractivity contribution in [2.24, 2.45) is 0 Å². The number of carbonyl (C=O) groups is 1. The maximum Gasteiger partial charge on any atom is 0.488 e. The summed E-state index contributed by atoms with van der Waals surface area (Å²) in [6.45, 7) is 3.47. The van der Waals surface area contributed by atoms with Crippen LogP contribution in [0, 0.1) is 10.1 Å². The highest BCUT2D eigenvalue weighted by molar-refractivity contribution is 6.59. The van der Waals surface area contributed by atoms with Gasteiger partial charge in [-0.15, -0.1) is 0 Å². The van der Waals surface area contributed by atoms with Crippen LogP contribution in [0.3, 0.4) is 0 Å². The minimum Gasteiger partial charge on any atom is -0.465 e. The number of hydrogen-bond donors (Lipinski definition) is 2. The molecule has 102 valence electrons. The molecule has 1 aromatic carbocycles. The monoisotopic (exact) mass is 267 g/mol. The lowest BCUT2D eigenvalue weighted by molar-refractivity contribution is -0.384. The Kier molecular flexibility index (Phi) is 4.63. The molecule has 1 rings (SSSR count). The summed E-state index contributed by atoms with van der Waals surface area (Å²) in [5, 5.41) is 29.4. The summed E-state index contributed by atoms with van der Waals surface area (Å²) in [5.74, 6) is -0.985. The summed E-state index contributed by atoms with van der Waals surface area (Å²) in [5.41, 5.74) is -0.167. The number of benzene rings is 1. The van der Waals surface area contributed by atoms with Crippen LogP contribution in [-0.4, -0.2) is 35.2 Å².